The lowest BCUT2D eigenvalue weighted by Gasteiger charge is -2.17. The molecule has 5 nitrogen and oxygen atoms in total. The Bertz CT molecular complexity index is 1010. The van der Waals surface area contributed by atoms with Crippen LogP contribution in [0.25, 0.3) is 0 Å². The molecule has 182 valence electrons. The van der Waals surface area contributed by atoms with Gasteiger partial charge in [-0.3, -0.25) is 4.79 Å². The number of rotatable bonds is 11. The van der Waals surface area contributed by atoms with E-state index in [-0.39, 0.29) is 17.1 Å². The molecule has 2 N–H and O–H groups in total. The molecule has 0 amide bonds. The quantitative estimate of drug-likeness (QED) is 0.317. The predicted molar refractivity (Wildman–Crippen MR) is 138 cm³/mol. The van der Waals surface area contributed by atoms with Crippen molar-refractivity contribution in [1.29, 1.82) is 0 Å². The van der Waals surface area contributed by atoms with Crippen LogP contribution < -0.4 is 14.9 Å². The van der Waals surface area contributed by atoms with Gasteiger partial charge in [0, 0.05) is 23.6 Å². The van der Waals surface area contributed by atoms with E-state index < -0.39 is 6.10 Å². The van der Waals surface area contributed by atoms with Crippen molar-refractivity contribution in [3.05, 3.63) is 80.2 Å². The molecule has 0 aliphatic rings. The molecule has 0 fully saturated rings. The van der Waals surface area contributed by atoms with Gasteiger partial charge in [-0.05, 0) is 53.5 Å². The van der Waals surface area contributed by atoms with Crippen LogP contribution in [0.3, 0.4) is 0 Å². The summed E-state index contributed by atoms with van der Waals surface area (Å²) in [7, 11) is 2.97. The lowest BCUT2D eigenvalue weighted by Crippen LogP contribution is -2.17. The fourth-order valence-electron chi connectivity index (χ4n) is 3.53. The van der Waals surface area contributed by atoms with E-state index >= 15 is 0 Å². The summed E-state index contributed by atoms with van der Waals surface area (Å²) in [5.41, 5.74) is 5.72. The van der Waals surface area contributed by atoms with Gasteiger partial charge in [-0.1, -0.05) is 60.1 Å². The van der Waals surface area contributed by atoms with Crippen LogP contribution in [0.4, 0.5) is 0 Å². The molecule has 0 saturated carbocycles. The monoisotopic (exact) mass is 455 g/mol. The van der Waals surface area contributed by atoms with Gasteiger partial charge >= 0.3 is 0 Å². The summed E-state index contributed by atoms with van der Waals surface area (Å²) in [6, 6.07) is 0. The summed E-state index contributed by atoms with van der Waals surface area (Å²) in [5.74, 6) is 0.570. The number of aromatic nitrogens is 1. The number of pyridine rings is 1. The molecule has 0 saturated heterocycles. The van der Waals surface area contributed by atoms with Gasteiger partial charge < -0.3 is 19.6 Å². The largest absolute Gasteiger partial charge is 0.488 e. The van der Waals surface area contributed by atoms with Gasteiger partial charge in [-0.25, -0.2) is 0 Å². The summed E-state index contributed by atoms with van der Waals surface area (Å²) < 4.78 is 10.4. The van der Waals surface area contributed by atoms with Gasteiger partial charge in [0.25, 0.3) is 0 Å². The molecule has 1 aromatic heterocycles. The van der Waals surface area contributed by atoms with Crippen molar-refractivity contribution < 1.29 is 14.6 Å². The van der Waals surface area contributed by atoms with Crippen LogP contribution >= 0.6 is 0 Å². The van der Waals surface area contributed by atoms with Gasteiger partial charge in [0.1, 0.15) is 0 Å². The van der Waals surface area contributed by atoms with Gasteiger partial charge in [0.05, 0.1) is 20.3 Å². The zero-order valence-electron chi connectivity index (χ0n) is 21.7. The highest BCUT2D eigenvalue weighted by Gasteiger charge is 2.15. The molecule has 0 aliphatic carbocycles. The molecule has 1 heterocycles. The zero-order valence-corrected chi connectivity index (χ0v) is 21.7. The molecular weight excluding hydrogens is 414 g/mol. The number of aliphatic hydroxyl groups excluding tert-OH is 1. The Hall–Kier alpha value is -2.79. The molecular formula is C28H41NO4. The number of hydrogen-bond acceptors (Lipinski definition) is 4. The number of aliphatic hydroxyl groups is 1. The molecule has 5 heteroatoms. The number of ether oxygens (including phenoxy) is 2. The van der Waals surface area contributed by atoms with Crippen molar-refractivity contribution in [2.24, 2.45) is 5.92 Å². The van der Waals surface area contributed by atoms with E-state index in [1.54, 1.807) is 6.92 Å². The minimum absolute atomic E-state index is 0.0250. The first-order valence-corrected chi connectivity index (χ1v) is 11.4. The number of H-pyrrole nitrogens is 1. The second-order valence-electron chi connectivity index (χ2n) is 8.62. The van der Waals surface area contributed by atoms with Crippen molar-refractivity contribution >= 4 is 0 Å². The molecule has 0 spiro atoms. The van der Waals surface area contributed by atoms with Crippen LogP contribution in [0.2, 0.25) is 0 Å². The maximum Gasteiger partial charge on any atom is 0.238 e. The Morgan fingerprint density at radius 3 is 2.36 bits per heavy atom. The molecule has 0 radical (unpaired) electrons. The third-order valence-corrected chi connectivity index (χ3v) is 5.75. The van der Waals surface area contributed by atoms with Gasteiger partial charge in [-0.2, -0.15) is 0 Å². The topological polar surface area (TPSA) is 71.6 Å². The van der Waals surface area contributed by atoms with E-state index in [1.165, 1.54) is 19.8 Å². The fourth-order valence-corrected chi connectivity index (χ4v) is 3.53. The molecule has 2 atom stereocenters. The zero-order chi connectivity index (χ0) is 25.1. The van der Waals surface area contributed by atoms with E-state index in [2.05, 4.69) is 36.2 Å². The highest BCUT2D eigenvalue weighted by atomic mass is 16.5. The predicted octanol–water partition coefficient (Wildman–Crippen LogP) is 5.99. The lowest BCUT2D eigenvalue weighted by atomic mass is 9.95. The fraction of sp³-hybridized carbons (Fsp3) is 0.464. The average Bonchev–Trinajstić information content (AvgIpc) is 2.78. The molecule has 0 aliphatic heterocycles. The van der Waals surface area contributed by atoms with Crippen molar-refractivity contribution in [1.82, 2.24) is 4.98 Å². The van der Waals surface area contributed by atoms with Crippen molar-refractivity contribution in [3.63, 3.8) is 0 Å². The summed E-state index contributed by atoms with van der Waals surface area (Å²) in [4.78, 5) is 15.6. The Kier molecular flexibility index (Phi) is 11.7. The first-order chi connectivity index (χ1) is 15.5. The van der Waals surface area contributed by atoms with E-state index in [0.717, 1.165) is 28.8 Å². The lowest BCUT2D eigenvalue weighted by molar-refractivity contribution is 0.173. The third-order valence-electron chi connectivity index (χ3n) is 5.75. The van der Waals surface area contributed by atoms with Gasteiger partial charge in [-0.15, -0.1) is 0 Å². The van der Waals surface area contributed by atoms with Crippen LogP contribution in [0, 0.1) is 12.8 Å². The summed E-state index contributed by atoms with van der Waals surface area (Å²) in [6.07, 6.45) is 13.4. The highest BCUT2D eigenvalue weighted by molar-refractivity contribution is 5.40. The van der Waals surface area contributed by atoms with E-state index in [0.29, 0.717) is 17.9 Å². The molecule has 0 aromatic carbocycles. The molecule has 1 aromatic rings. The van der Waals surface area contributed by atoms with Crippen LogP contribution in [-0.2, 0) is 6.42 Å². The van der Waals surface area contributed by atoms with Crippen LogP contribution in [-0.4, -0.2) is 30.4 Å². The Balaban J connectivity index is 2.81. The van der Waals surface area contributed by atoms with Crippen molar-refractivity contribution in [2.45, 2.75) is 67.4 Å². The second kappa shape index (κ2) is 13.7. The normalized spacial score (nSPS) is 15.7. The minimum Gasteiger partial charge on any atom is -0.488 e. The van der Waals surface area contributed by atoms with E-state index in [1.807, 2.05) is 46.8 Å². The number of aromatic amines is 1. The Morgan fingerprint density at radius 2 is 1.79 bits per heavy atom. The maximum atomic E-state index is 12.5. The average molecular weight is 456 g/mol. The third kappa shape index (κ3) is 8.58. The second-order valence-corrected chi connectivity index (χ2v) is 8.62. The van der Waals surface area contributed by atoms with Crippen LogP contribution in [0.5, 0.6) is 11.6 Å². The standard InChI is InChI=1S/C28H41NO4/c1-10-18(2)16-21(5)25(30)22(6)17-20(4)13-11-12-19(3)14-15-24-23(7)26(31)27(32-8)28(29-24)33-9/h10-11,13-14,16-17,22,25,30H,12,15H2,1-9H3,(H,29,31)/t22-,25+/m1/s1. The molecule has 0 unspecified atom stereocenters. The number of allylic oxidation sites excluding steroid dienone is 8. The first kappa shape index (κ1) is 28.2. The van der Waals surface area contributed by atoms with Crippen molar-refractivity contribution in [3.8, 4) is 11.6 Å². The summed E-state index contributed by atoms with van der Waals surface area (Å²) >= 11 is 0. The van der Waals surface area contributed by atoms with Gasteiger partial charge in [0.15, 0.2) is 0 Å². The SMILES string of the molecule is CC=C(C)C=C(C)[C@H](O)[C@H](C)C=C(C)C=CCC(C)=CCc1[nH]c(OC)c(OC)c(=O)c1C. The number of hydrogen-bond donors (Lipinski definition) is 2. The molecule has 0 bridgehead atoms. The number of methoxy groups -OCH3 is 2. The summed E-state index contributed by atoms with van der Waals surface area (Å²) in [6.45, 7) is 13.9. The van der Waals surface area contributed by atoms with Crippen LogP contribution in [0.1, 0.15) is 59.2 Å². The molecule has 1 rings (SSSR count). The van der Waals surface area contributed by atoms with Gasteiger partial charge in [0.2, 0.25) is 17.1 Å². The van der Waals surface area contributed by atoms with Crippen LogP contribution in [0.15, 0.2) is 63.5 Å². The van der Waals surface area contributed by atoms with E-state index in [9.17, 15) is 9.90 Å². The smallest absolute Gasteiger partial charge is 0.238 e. The van der Waals surface area contributed by atoms with Crippen molar-refractivity contribution in [2.75, 3.05) is 14.2 Å². The maximum absolute atomic E-state index is 12.5. The van der Waals surface area contributed by atoms with E-state index in [4.69, 9.17) is 9.47 Å². The summed E-state index contributed by atoms with van der Waals surface area (Å²) in [5, 5.41) is 10.6. The Labute approximate surface area is 199 Å². The minimum atomic E-state index is -0.503. The first-order valence-electron chi connectivity index (χ1n) is 11.4. The number of nitrogens with one attached hydrogen (secondary N) is 1. The molecule has 33 heavy (non-hydrogen) atoms. The Morgan fingerprint density at radius 1 is 1.12 bits per heavy atom. The highest BCUT2D eigenvalue weighted by Crippen LogP contribution is 2.22.